The van der Waals surface area contributed by atoms with E-state index in [1.165, 1.54) is 24.2 Å². The number of nitriles is 1. The van der Waals surface area contributed by atoms with E-state index in [0.717, 1.165) is 41.8 Å². The van der Waals surface area contributed by atoms with Crippen LogP contribution >= 0.6 is 39.1 Å². The molecule has 1 aliphatic rings. The van der Waals surface area contributed by atoms with E-state index in [-0.39, 0.29) is 31.5 Å². The van der Waals surface area contributed by atoms with Gasteiger partial charge >= 0.3 is 5.97 Å². The minimum atomic E-state index is -1.61. The SMILES string of the molecule is C[C@@](CO)(NCc1cc(Br)c(OCc2cccc(-c3cccc(-c4ccc5c(c4)CNCC5)c3Cl)c2Cl)nc1OCc1cncc(C#N)c1)C(=O)O. The fraction of sp³-hybridized carbons (Fsp3) is 0.231. The van der Waals surface area contributed by atoms with Gasteiger partial charge in [-0.15, -0.1) is 0 Å². The number of aliphatic hydroxyl groups is 1. The third-order valence-corrected chi connectivity index (χ3v) is 10.3. The number of carboxylic acids is 1. The van der Waals surface area contributed by atoms with Crippen LogP contribution < -0.4 is 20.1 Å². The van der Waals surface area contributed by atoms with Crippen LogP contribution in [-0.2, 0) is 37.5 Å². The fourth-order valence-electron chi connectivity index (χ4n) is 5.77. The zero-order valence-electron chi connectivity index (χ0n) is 28.1. The maximum absolute atomic E-state index is 11.8. The van der Waals surface area contributed by atoms with Crippen LogP contribution in [0.25, 0.3) is 22.3 Å². The van der Waals surface area contributed by atoms with Gasteiger partial charge in [0.15, 0.2) is 0 Å². The average molecular weight is 804 g/mol. The molecule has 0 saturated heterocycles. The lowest BCUT2D eigenvalue weighted by molar-refractivity contribution is -0.145. The molecule has 0 amide bonds. The molecule has 1 atom stereocenters. The summed E-state index contributed by atoms with van der Waals surface area (Å²) in [5.41, 5.74) is 6.71. The van der Waals surface area contributed by atoms with Gasteiger partial charge in [-0.25, -0.2) is 0 Å². The highest BCUT2D eigenvalue weighted by molar-refractivity contribution is 9.10. The van der Waals surface area contributed by atoms with Gasteiger partial charge in [0.25, 0.3) is 0 Å². The molecule has 5 aromatic rings. The number of aromatic nitrogens is 2. The molecule has 10 nitrogen and oxygen atoms in total. The van der Waals surface area contributed by atoms with Gasteiger partial charge in [0.1, 0.15) is 24.8 Å². The maximum Gasteiger partial charge on any atom is 0.326 e. The molecule has 0 radical (unpaired) electrons. The summed E-state index contributed by atoms with van der Waals surface area (Å²) < 4.78 is 12.7. The number of rotatable bonds is 13. The third kappa shape index (κ3) is 8.24. The Bertz CT molecular complexity index is 2180. The van der Waals surface area contributed by atoms with Crippen LogP contribution in [0.5, 0.6) is 11.8 Å². The Morgan fingerprint density at radius 3 is 2.50 bits per heavy atom. The first kappa shape index (κ1) is 37.2. The first-order valence-corrected chi connectivity index (χ1v) is 17.9. The molecule has 52 heavy (non-hydrogen) atoms. The number of nitrogens with zero attached hydrogens (tertiary/aromatic N) is 3. The summed E-state index contributed by atoms with van der Waals surface area (Å²) in [6.07, 6.45) is 4.02. The van der Waals surface area contributed by atoms with Gasteiger partial charge in [-0.05, 0) is 70.7 Å². The number of aliphatic hydroxyl groups excluding tert-OH is 1. The van der Waals surface area contributed by atoms with E-state index in [1.54, 1.807) is 18.3 Å². The summed E-state index contributed by atoms with van der Waals surface area (Å²) in [6.45, 7) is 2.62. The van der Waals surface area contributed by atoms with Gasteiger partial charge in [-0.1, -0.05) is 71.7 Å². The first-order valence-electron chi connectivity index (χ1n) is 16.4. The summed E-state index contributed by atoms with van der Waals surface area (Å²) in [5, 5.41) is 36.0. The normalized spacial score (nSPS) is 13.5. The molecule has 0 aliphatic carbocycles. The molecule has 0 spiro atoms. The molecular formula is C39H34BrCl2N5O5. The second-order valence-corrected chi connectivity index (χ2v) is 14.1. The van der Waals surface area contributed by atoms with Gasteiger partial charge < -0.3 is 25.0 Å². The van der Waals surface area contributed by atoms with E-state index in [4.69, 9.17) is 32.7 Å². The Morgan fingerprint density at radius 2 is 1.73 bits per heavy atom. The number of carbonyl (C=O) groups is 1. The quantitative estimate of drug-likeness (QED) is 0.0944. The fourth-order valence-corrected chi connectivity index (χ4v) is 6.87. The van der Waals surface area contributed by atoms with Gasteiger partial charge in [-0.2, -0.15) is 10.2 Å². The number of benzene rings is 3. The Kier molecular flexibility index (Phi) is 11.8. The van der Waals surface area contributed by atoms with Gasteiger partial charge in [0, 0.05) is 58.9 Å². The molecule has 2 aromatic heterocycles. The van der Waals surface area contributed by atoms with Gasteiger partial charge in [-0.3, -0.25) is 15.1 Å². The molecule has 4 N–H and O–H groups in total. The van der Waals surface area contributed by atoms with E-state index in [9.17, 15) is 20.3 Å². The number of fused-ring (bicyclic) bond motifs is 1. The summed E-state index contributed by atoms with van der Waals surface area (Å²) in [6, 6.07) is 23.5. The monoisotopic (exact) mass is 801 g/mol. The number of ether oxygens (including phenoxy) is 2. The Morgan fingerprint density at radius 1 is 0.981 bits per heavy atom. The van der Waals surface area contributed by atoms with Crippen molar-refractivity contribution in [2.75, 3.05) is 13.2 Å². The summed E-state index contributed by atoms with van der Waals surface area (Å²) in [4.78, 5) is 20.5. The molecule has 3 aromatic carbocycles. The lowest BCUT2D eigenvalue weighted by atomic mass is 9.93. The summed E-state index contributed by atoms with van der Waals surface area (Å²) in [7, 11) is 0. The van der Waals surface area contributed by atoms with Crippen LogP contribution in [0.2, 0.25) is 10.0 Å². The molecule has 266 valence electrons. The molecule has 0 fully saturated rings. The number of halogens is 3. The van der Waals surface area contributed by atoms with Crippen molar-refractivity contribution >= 4 is 45.1 Å². The van der Waals surface area contributed by atoms with Crippen molar-refractivity contribution in [1.82, 2.24) is 20.6 Å². The number of hydrogen-bond donors (Lipinski definition) is 4. The number of carboxylic acid groups (broad SMARTS) is 1. The van der Waals surface area contributed by atoms with Crippen molar-refractivity contribution in [3.8, 4) is 40.1 Å². The van der Waals surface area contributed by atoms with Crippen LogP contribution in [-0.4, -0.2) is 44.8 Å². The van der Waals surface area contributed by atoms with E-state index in [0.29, 0.717) is 36.8 Å². The van der Waals surface area contributed by atoms with Crippen molar-refractivity contribution in [3.05, 3.63) is 127 Å². The number of aliphatic carboxylic acids is 1. The second kappa shape index (κ2) is 16.4. The predicted molar refractivity (Wildman–Crippen MR) is 202 cm³/mol. The zero-order valence-corrected chi connectivity index (χ0v) is 31.1. The van der Waals surface area contributed by atoms with Crippen molar-refractivity contribution in [3.63, 3.8) is 0 Å². The van der Waals surface area contributed by atoms with Crippen molar-refractivity contribution in [1.29, 1.82) is 5.26 Å². The Balaban J connectivity index is 1.26. The highest BCUT2D eigenvalue weighted by Gasteiger charge is 2.32. The average Bonchev–Trinajstić information content (AvgIpc) is 3.16. The molecule has 0 bridgehead atoms. The van der Waals surface area contributed by atoms with Crippen molar-refractivity contribution in [2.24, 2.45) is 0 Å². The predicted octanol–water partition coefficient (Wildman–Crippen LogP) is 7.48. The van der Waals surface area contributed by atoms with E-state index in [2.05, 4.69) is 60.8 Å². The summed E-state index contributed by atoms with van der Waals surface area (Å²) in [5.74, 6) is -0.860. The second-order valence-electron chi connectivity index (χ2n) is 12.5. The zero-order chi connectivity index (χ0) is 36.8. The molecular weight excluding hydrogens is 769 g/mol. The van der Waals surface area contributed by atoms with Gasteiger partial charge in [0.05, 0.1) is 26.7 Å². The minimum Gasteiger partial charge on any atom is -0.480 e. The van der Waals surface area contributed by atoms with E-state index >= 15 is 0 Å². The van der Waals surface area contributed by atoms with Crippen molar-refractivity contribution < 1.29 is 24.5 Å². The first-order chi connectivity index (χ1) is 25.1. The topological polar surface area (TPSA) is 150 Å². The molecule has 13 heteroatoms. The van der Waals surface area contributed by atoms with Crippen LogP contribution in [0.4, 0.5) is 0 Å². The Labute approximate surface area is 319 Å². The Hall–Kier alpha value is -4.54. The van der Waals surface area contributed by atoms with Crippen LogP contribution in [0.1, 0.15) is 40.3 Å². The number of nitrogens with one attached hydrogen (secondary N) is 2. The van der Waals surface area contributed by atoms with Crippen molar-refractivity contribution in [2.45, 2.75) is 45.2 Å². The third-order valence-electron chi connectivity index (χ3n) is 8.88. The number of hydrogen-bond acceptors (Lipinski definition) is 9. The lowest BCUT2D eigenvalue weighted by Gasteiger charge is -2.24. The molecule has 6 rings (SSSR count). The maximum atomic E-state index is 11.8. The molecule has 3 heterocycles. The highest BCUT2D eigenvalue weighted by Crippen LogP contribution is 2.41. The van der Waals surface area contributed by atoms with Crippen LogP contribution in [0, 0.1) is 11.3 Å². The molecule has 0 unspecified atom stereocenters. The van der Waals surface area contributed by atoms with E-state index < -0.39 is 18.1 Å². The summed E-state index contributed by atoms with van der Waals surface area (Å²) >= 11 is 17.6. The molecule has 0 saturated carbocycles. The van der Waals surface area contributed by atoms with Crippen LogP contribution in [0.3, 0.4) is 0 Å². The van der Waals surface area contributed by atoms with Crippen LogP contribution in [0.15, 0.2) is 83.6 Å². The molecule has 1 aliphatic heterocycles. The smallest absolute Gasteiger partial charge is 0.326 e. The number of pyridine rings is 2. The lowest BCUT2D eigenvalue weighted by Crippen LogP contribution is -2.52. The minimum absolute atomic E-state index is 0.00288. The standard InChI is InChI=1S/C39H34BrCl2N5O5/c1-39(22-48,38(49)50)46-19-29-14-33(40)37(47-36(29)51-20-24-12-23(15-43)16-45-17-24)52-21-27-4-2-6-31(34(27)41)32-7-3-5-30(35(32)42)26-9-8-25-10-11-44-18-28(25)13-26/h2-9,12-14,16-17,44,46,48H,10-11,18-22H2,1H3,(H,49,50)/t39-/m0/s1. The largest absolute Gasteiger partial charge is 0.480 e. The highest BCUT2D eigenvalue weighted by atomic mass is 79.9. The van der Waals surface area contributed by atoms with E-state index in [1.807, 2.05) is 36.4 Å². The van der Waals surface area contributed by atoms with Gasteiger partial charge in [0.2, 0.25) is 11.8 Å².